The molecule has 0 fully saturated rings. The van der Waals surface area contributed by atoms with Gasteiger partial charge < -0.3 is 14.7 Å². The predicted octanol–water partition coefficient (Wildman–Crippen LogP) is 3.55. The van der Waals surface area contributed by atoms with Crippen LogP contribution < -0.4 is 4.74 Å². The monoisotopic (exact) mass is 358 g/mol. The summed E-state index contributed by atoms with van der Waals surface area (Å²) in [5, 5.41) is 9.65. The van der Waals surface area contributed by atoms with Gasteiger partial charge in [-0.15, -0.1) is 0 Å². The van der Waals surface area contributed by atoms with E-state index in [1.807, 2.05) is 24.3 Å². The maximum atomic E-state index is 13.0. The molecule has 1 amide bonds. The topological polar surface area (TPSA) is 62.7 Å². The predicted molar refractivity (Wildman–Crippen MR) is 101 cm³/mol. The zero-order chi connectivity index (χ0) is 18.4. The lowest BCUT2D eigenvalue weighted by atomic mass is 10.0. The van der Waals surface area contributed by atoms with E-state index >= 15 is 0 Å². The minimum atomic E-state index is -0.0514. The van der Waals surface area contributed by atoms with E-state index in [1.165, 1.54) is 5.56 Å². The van der Waals surface area contributed by atoms with Crippen LogP contribution in [0, 0.1) is 0 Å². The second-order valence-corrected chi connectivity index (χ2v) is 7.00. The van der Waals surface area contributed by atoms with Gasteiger partial charge in [0.2, 0.25) is 0 Å². The Morgan fingerprint density at radius 2 is 1.85 bits per heavy atom. The molecule has 5 heteroatoms. The van der Waals surface area contributed by atoms with Crippen LogP contribution in [0.3, 0.4) is 0 Å². The van der Waals surface area contributed by atoms with Crippen LogP contribution in [0.25, 0.3) is 11.1 Å². The number of benzene rings is 2. The maximum absolute atomic E-state index is 13.0. The van der Waals surface area contributed by atoms with E-state index in [0.717, 1.165) is 41.0 Å². The second-order valence-electron chi connectivity index (χ2n) is 7.00. The molecule has 5 rings (SSSR count). The van der Waals surface area contributed by atoms with Gasteiger partial charge in [0.15, 0.2) is 0 Å². The van der Waals surface area contributed by atoms with Gasteiger partial charge in [0.1, 0.15) is 11.5 Å². The molecule has 0 atom stereocenters. The molecule has 3 aromatic rings. The molecular formula is C22H18N2O3. The lowest BCUT2D eigenvalue weighted by Crippen LogP contribution is -2.25. The number of carbonyl (C=O) groups is 1. The van der Waals surface area contributed by atoms with Crippen molar-refractivity contribution in [3.63, 3.8) is 0 Å². The Labute approximate surface area is 156 Å². The van der Waals surface area contributed by atoms with Crippen LogP contribution in [0.2, 0.25) is 0 Å². The Hall–Kier alpha value is -3.34. The smallest absolute Gasteiger partial charge is 0.256 e. The number of ether oxygens (including phenoxy) is 1. The standard InChI is InChI=1S/C22H18N2O3/c25-20-3-1-16-12-24(13-19(16)9-20)22(26)18-8-17(10-23-11-18)14-2-4-21-15(7-14)5-6-27-21/h1-4,7-11,25H,5-6,12-13H2. The Bertz CT molecular complexity index is 1060. The first-order chi connectivity index (χ1) is 13.2. The van der Waals surface area contributed by atoms with Crippen LogP contribution in [0.1, 0.15) is 27.0 Å². The number of amides is 1. The van der Waals surface area contributed by atoms with Crippen molar-refractivity contribution in [2.45, 2.75) is 19.5 Å². The normalized spacial score (nSPS) is 14.6. The molecule has 27 heavy (non-hydrogen) atoms. The number of nitrogens with zero attached hydrogens (tertiary/aromatic N) is 2. The summed E-state index contributed by atoms with van der Waals surface area (Å²) in [5.41, 5.74) is 5.79. The van der Waals surface area contributed by atoms with Crippen molar-refractivity contribution in [2.24, 2.45) is 0 Å². The number of fused-ring (bicyclic) bond motifs is 2. The van der Waals surface area contributed by atoms with Gasteiger partial charge in [-0.3, -0.25) is 9.78 Å². The van der Waals surface area contributed by atoms with Gasteiger partial charge in [0.25, 0.3) is 5.91 Å². The fourth-order valence-electron chi connectivity index (χ4n) is 3.79. The summed E-state index contributed by atoms with van der Waals surface area (Å²) in [6.45, 7) is 1.78. The summed E-state index contributed by atoms with van der Waals surface area (Å²) in [6.07, 6.45) is 4.31. The molecule has 0 bridgehead atoms. The highest BCUT2D eigenvalue weighted by atomic mass is 16.5. The van der Waals surface area contributed by atoms with E-state index in [2.05, 4.69) is 11.1 Å². The first-order valence-corrected chi connectivity index (χ1v) is 8.98. The van der Waals surface area contributed by atoms with Crippen molar-refractivity contribution in [3.8, 4) is 22.6 Å². The molecule has 2 aliphatic rings. The van der Waals surface area contributed by atoms with Crippen LogP contribution in [-0.4, -0.2) is 27.5 Å². The number of carbonyl (C=O) groups excluding carboxylic acids is 1. The molecule has 2 aliphatic heterocycles. The molecule has 1 N–H and O–H groups in total. The fourth-order valence-corrected chi connectivity index (χ4v) is 3.79. The van der Waals surface area contributed by atoms with E-state index in [4.69, 9.17) is 4.74 Å². The zero-order valence-corrected chi connectivity index (χ0v) is 14.7. The minimum Gasteiger partial charge on any atom is -0.508 e. The number of pyridine rings is 1. The third-order valence-electron chi connectivity index (χ3n) is 5.21. The average Bonchev–Trinajstić information content (AvgIpc) is 3.33. The van der Waals surface area contributed by atoms with Crippen LogP contribution in [-0.2, 0) is 19.5 Å². The molecule has 134 valence electrons. The molecule has 3 heterocycles. The van der Waals surface area contributed by atoms with Gasteiger partial charge in [-0.05, 0) is 52.6 Å². The lowest BCUT2D eigenvalue weighted by Gasteiger charge is -2.16. The van der Waals surface area contributed by atoms with Crippen molar-refractivity contribution >= 4 is 5.91 Å². The van der Waals surface area contributed by atoms with Crippen LogP contribution in [0.5, 0.6) is 11.5 Å². The lowest BCUT2D eigenvalue weighted by molar-refractivity contribution is 0.0751. The summed E-state index contributed by atoms with van der Waals surface area (Å²) in [4.78, 5) is 19.0. The second kappa shape index (κ2) is 6.13. The Balaban J connectivity index is 1.42. The fraction of sp³-hybridized carbons (Fsp3) is 0.182. The summed E-state index contributed by atoms with van der Waals surface area (Å²) in [6, 6.07) is 13.3. The quantitative estimate of drug-likeness (QED) is 0.761. The minimum absolute atomic E-state index is 0.0514. The SMILES string of the molecule is O=C(c1cncc(-c2ccc3c(c2)CCO3)c1)N1Cc2ccc(O)cc2C1. The molecule has 0 aliphatic carbocycles. The largest absolute Gasteiger partial charge is 0.508 e. The third-order valence-corrected chi connectivity index (χ3v) is 5.21. The van der Waals surface area contributed by atoms with E-state index in [1.54, 1.807) is 29.4 Å². The number of hydrogen-bond acceptors (Lipinski definition) is 4. The molecule has 0 spiro atoms. The van der Waals surface area contributed by atoms with E-state index in [-0.39, 0.29) is 11.7 Å². The van der Waals surface area contributed by atoms with Gasteiger partial charge in [-0.25, -0.2) is 0 Å². The van der Waals surface area contributed by atoms with Crippen LogP contribution >= 0.6 is 0 Å². The van der Waals surface area contributed by atoms with Gasteiger partial charge in [-0.2, -0.15) is 0 Å². The highest BCUT2D eigenvalue weighted by molar-refractivity contribution is 5.95. The summed E-state index contributed by atoms with van der Waals surface area (Å²) >= 11 is 0. The number of aromatic nitrogens is 1. The Morgan fingerprint density at radius 3 is 2.78 bits per heavy atom. The highest BCUT2D eigenvalue weighted by Crippen LogP contribution is 2.31. The van der Waals surface area contributed by atoms with Crippen molar-refractivity contribution in [1.82, 2.24) is 9.88 Å². The van der Waals surface area contributed by atoms with Crippen LogP contribution in [0.4, 0.5) is 0 Å². The van der Waals surface area contributed by atoms with Crippen LogP contribution in [0.15, 0.2) is 54.9 Å². The Kier molecular flexibility index (Phi) is 3.60. The average molecular weight is 358 g/mol. The first-order valence-electron chi connectivity index (χ1n) is 8.98. The summed E-state index contributed by atoms with van der Waals surface area (Å²) in [5.74, 6) is 1.12. The molecule has 5 nitrogen and oxygen atoms in total. The highest BCUT2D eigenvalue weighted by Gasteiger charge is 2.25. The van der Waals surface area contributed by atoms with Crippen molar-refractivity contribution < 1.29 is 14.6 Å². The van der Waals surface area contributed by atoms with Crippen molar-refractivity contribution in [1.29, 1.82) is 0 Å². The molecule has 0 unspecified atom stereocenters. The Morgan fingerprint density at radius 1 is 0.963 bits per heavy atom. The molecular weight excluding hydrogens is 340 g/mol. The van der Waals surface area contributed by atoms with Crippen molar-refractivity contribution in [2.75, 3.05) is 6.61 Å². The van der Waals surface area contributed by atoms with Gasteiger partial charge in [0, 0.05) is 37.5 Å². The zero-order valence-electron chi connectivity index (χ0n) is 14.7. The molecule has 2 aromatic carbocycles. The molecule has 0 saturated heterocycles. The number of phenolic OH excluding ortho intramolecular Hbond substituents is 1. The first kappa shape index (κ1) is 15.9. The number of rotatable bonds is 2. The molecule has 0 radical (unpaired) electrons. The summed E-state index contributed by atoms with van der Waals surface area (Å²) < 4.78 is 5.56. The van der Waals surface area contributed by atoms with Gasteiger partial charge in [-0.1, -0.05) is 12.1 Å². The van der Waals surface area contributed by atoms with E-state index in [9.17, 15) is 9.90 Å². The van der Waals surface area contributed by atoms with E-state index in [0.29, 0.717) is 18.7 Å². The summed E-state index contributed by atoms with van der Waals surface area (Å²) in [7, 11) is 0. The van der Waals surface area contributed by atoms with Crippen molar-refractivity contribution in [3.05, 3.63) is 77.1 Å². The van der Waals surface area contributed by atoms with E-state index < -0.39 is 0 Å². The molecule has 1 aromatic heterocycles. The number of hydrogen-bond donors (Lipinski definition) is 1. The number of aromatic hydroxyl groups is 1. The molecule has 0 saturated carbocycles. The number of phenols is 1. The van der Waals surface area contributed by atoms with Gasteiger partial charge >= 0.3 is 0 Å². The van der Waals surface area contributed by atoms with Gasteiger partial charge in [0.05, 0.1) is 12.2 Å². The third kappa shape index (κ3) is 2.81. The maximum Gasteiger partial charge on any atom is 0.256 e.